The van der Waals surface area contributed by atoms with Crippen LogP contribution in [0, 0.1) is 11.8 Å². The van der Waals surface area contributed by atoms with E-state index in [1.54, 1.807) is 0 Å². The Labute approximate surface area is 105 Å². The highest BCUT2D eigenvalue weighted by atomic mass is 32.2. The molecule has 2 atom stereocenters. The number of nitrogens with zero attached hydrogens (tertiary/aromatic N) is 1. The molecule has 0 aromatic rings. The number of hydrogen-bond acceptors (Lipinski definition) is 3. The minimum atomic E-state index is 0.541. The molecule has 1 aliphatic rings. The highest BCUT2D eigenvalue weighted by Gasteiger charge is 2.20. The number of aliphatic imine (C=N–C) groups is 1. The highest BCUT2D eigenvalue weighted by molar-refractivity contribution is 8.14. The van der Waals surface area contributed by atoms with Crippen molar-refractivity contribution in [1.82, 2.24) is 5.32 Å². The first-order valence-corrected chi connectivity index (χ1v) is 7.43. The minimum absolute atomic E-state index is 0.541. The van der Waals surface area contributed by atoms with Gasteiger partial charge < -0.3 is 5.32 Å². The average molecular weight is 242 g/mol. The van der Waals surface area contributed by atoms with Gasteiger partial charge in [-0.1, -0.05) is 39.5 Å². The molecule has 94 valence electrons. The second kappa shape index (κ2) is 6.53. The van der Waals surface area contributed by atoms with Crippen molar-refractivity contribution in [2.75, 3.05) is 5.75 Å². The zero-order valence-corrected chi connectivity index (χ0v) is 12.1. The Morgan fingerprint density at radius 2 is 1.94 bits per heavy atom. The van der Waals surface area contributed by atoms with Gasteiger partial charge >= 0.3 is 0 Å². The fourth-order valence-corrected chi connectivity index (χ4v) is 3.21. The van der Waals surface area contributed by atoms with Crippen molar-refractivity contribution in [2.45, 2.75) is 59.5 Å². The number of thioether (sulfide) groups is 1. The van der Waals surface area contributed by atoms with E-state index in [1.165, 1.54) is 18.0 Å². The van der Waals surface area contributed by atoms with Crippen LogP contribution < -0.4 is 5.32 Å². The van der Waals surface area contributed by atoms with Gasteiger partial charge in [0.1, 0.15) is 0 Å². The summed E-state index contributed by atoms with van der Waals surface area (Å²) in [6.07, 6.45) is 2.44. The van der Waals surface area contributed by atoms with Gasteiger partial charge in [0.15, 0.2) is 5.17 Å². The first-order chi connectivity index (χ1) is 7.47. The van der Waals surface area contributed by atoms with Crippen LogP contribution in [0.4, 0.5) is 0 Å². The van der Waals surface area contributed by atoms with Crippen LogP contribution in [0.1, 0.15) is 47.5 Å². The lowest BCUT2D eigenvalue weighted by Gasteiger charge is -2.16. The maximum Gasteiger partial charge on any atom is 0.157 e. The van der Waals surface area contributed by atoms with Crippen molar-refractivity contribution in [3.63, 3.8) is 0 Å². The summed E-state index contributed by atoms with van der Waals surface area (Å²) in [5.74, 6) is 2.66. The van der Waals surface area contributed by atoms with Gasteiger partial charge in [0.05, 0.1) is 6.04 Å². The van der Waals surface area contributed by atoms with E-state index in [4.69, 9.17) is 4.99 Å². The maximum absolute atomic E-state index is 4.74. The molecule has 0 radical (unpaired) electrons. The van der Waals surface area contributed by atoms with Crippen LogP contribution in [0.15, 0.2) is 4.99 Å². The van der Waals surface area contributed by atoms with Gasteiger partial charge in [-0.2, -0.15) is 0 Å². The Balaban J connectivity index is 2.33. The van der Waals surface area contributed by atoms with E-state index in [2.05, 4.69) is 39.9 Å². The first kappa shape index (κ1) is 13.9. The Kier molecular flexibility index (Phi) is 5.67. The van der Waals surface area contributed by atoms with Crippen LogP contribution in [0.2, 0.25) is 0 Å². The van der Waals surface area contributed by atoms with Crippen LogP contribution in [0.5, 0.6) is 0 Å². The van der Waals surface area contributed by atoms with Gasteiger partial charge in [-0.05, 0) is 31.6 Å². The molecule has 1 rings (SSSR count). The van der Waals surface area contributed by atoms with E-state index in [0.29, 0.717) is 12.1 Å². The van der Waals surface area contributed by atoms with Gasteiger partial charge in [0, 0.05) is 11.8 Å². The van der Waals surface area contributed by atoms with E-state index < -0.39 is 0 Å². The lowest BCUT2D eigenvalue weighted by molar-refractivity contribution is 0.490. The van der Waals surface area contributed by atoms with Crippen LogP contribution in [0.3, 0.4) is 0 Å². The van der Waals surface area contributed by atoms with Crippen molar-refractivity contribution in [3.05, 3.63) is 0 Å². The van der Waals surface area contributed by atoms with Crippen molar-refractivity contribution in [1.29, 1.82) is 0 Å². The third-order valence-corrected chi connectivity index (χ3v) is 3.70. The largest absolute Gasteiger partial charge is 0.362 e. The molecule has 0 saturated heterocycles. The number of nitrogens with one attached hydrogen (secondary N) is 1. The maximum atomic E-state index is 4.74. The second-order valence-electron chi connectivity index (χ2n) is 5.70. The SMILES string of the molecule is CC(C)CC1CSC(NC(C)CC(C)C)=N1. The van der Waals surface area contributed by atoms with E-state index in [1.807, 2.05) is 11.8 Å². The highest BCUT2D eigenvalue weighted by Crippen LogP contribution is 2.22. The quantitative estimate of drug-likeness (QED) is 0.797. The lowest BCUT2D eigenvalue weighted by atomic mass is 10.1. The normalized spacial score (nSPS) is 22.7. The lowest BCUT2D eigenvalue weighted by Crippen LogP contribution is -2.30. The summed E-state index contributed by atoms with van der Waals surface area (Å²) in [4.78, 5) is 4.74. The van der Waals surface area contributed by atoms with Crippen LogP contribution in [-0.4, -0.2) is 23.0 Å². The molecule has 0 bridgehead atoms. The molecular weight excluding hydrogens is 216 g/mol. The first-order valence-electron chi connectivity index (χ1n) is 6.44. The predicted octanol–water partition coefficient (Wildman–Crippen LogP) is 3.53. The minimum Gasteiger partial charge on any atom is -0.362 e. The number of rotatable bonds is 5. The molecule has 1 heterocycles. The molecule has 1 N–H and O–H groups in total. The van der Waals surface area contributed by atoms with E-state index in [-0.39, 0.29) is 0 Å². The zero-order valence-electron chi connectivity index (χ0n) is 11.3. The molecule has 0 amide bonds. The standard InChI is InChI=1S/C13H26N2S/c1-9(2)6-11(5)14-13-15-12(8-16-13)7-10(3)4/h9-12H,6-8H2,1-5H3,(H,14,15). The Morgan fingerprint density at radius 1 is 1.25 bits per heavy atom. The Hall–Kier alpha value is -0.180. The third kappa shape index (κ3) is 5.24. The van der Waals surface area contributed by atoms with Crippen molar-refractivity contribution in [2.24, 2.45) is 16.8 Å². The molecule has 0 spiro atoms. The predicted molar refractivity (Wildman–Crippen MR) is 75.2 cm³/mol. The number of amidine groups is 1. The molecule has 0 aromatic carbocycles. The Morgan fingerprint density at radius 3 is 2.50 bits per heavy atom. The van der Waals surface area contributed by atoms with Crippen LogP contribution in [-0.2, 0) is 0 Å². The molecule has 0 fully saturated rings. The summed E-state index contributed by atoms with van der Waals surface area (Å²) in [7, 11) is 0. The third-order valence-electron chi connectivity index (χ3n) is 2.65. The van der Waals surface area contributed by atoms with Crippen LogP contribution >= 0.6 is 11.8 Å². The molecule has 16 heavy (non-hydrogen) atoms. The van der Waals surface area contributed by atoms with Gasteiger partial charge in [0.2, 0.25) is 0 Å². The Bertz CT molecular complexity index is 236. The molecular formula is C13H26N2S. The fraction of sp³-hybridized carbons (Fsp3) is 0.923. The summed E-state index contributed by atoms with van der Waals surface area (Å²) >= 11 is 1.89. The van der Waals surface area contributed by atoms with Crippen molar-refractivity contribution >= 4 is 16.9 Å². The van der Waals surface area contributed by atoms with E-state index >= 15 is 0 Å². The second-order valence-corrected chi connectivity index (χ2v) is 6.71. The van der Waals surface area contributed by atoms with Crippen molar-refractivity contribution < 1.29 is 0 Å². The summed E-state index contributed by atoms with van der Waals surface area (Å²) < 4.78 is 0. The molecule has 0 saturated carbocycles. The van der Waals surface area contributed by atoms with E-state index in [0.717, 1.165) is 17.6 Å². The molecule has 1 aliphatic heterocycles. The summed E-state index contributed by atoms with van der Waals surface area (Å²) in [6, 6.07) is 1.09. The van der Waals surface area contributed by atoms with Gasteiger partial charge in [-0.15, -0.1) is 0 Å². The summed E-state index contributed by atoms with van der Waals surface area (Å²) in [6.45, 7) is 11.3. The monoisotopic (exact) mass is 242 g/mol. The average Bonchev–Trinajstić information content (AvgIpc) is 2.49. The summed E-state index contributed by atoms with van der Waals surface area (Å²) in [5, 5.41) is 4.69. The van der Waals surface area contributed by atoms with Crippen molar-refractivity contribution in [3.8, 4) is 0 Å². The smallest absolute Gasteiger partial charge is 0.157 e. The summed E-state index contributed by atoms with van der Waals surface area (Å²) in [5.41, 5.74) is 0. The van der Waals surface area contributed by atoms with E-state index in [9.17, 15) is 0 Å². The van der Waals surface area contributed by atoms with Gasteiger partial charge in [-0.25, -0.2) is 0 Å². The molecule has 2 unspecified atom stereocenters. The molecule has 0 aromatic heterocycles. The van der Waals surface area contributed by atoms with Gasteiger partial charge in [-0.3, -0.25) is 4.99 Å². The van der Waals surface area contributed by atoms with Gasteiger partial charge in [0.25, 0.3) is 0 Å². The zero-order chi connectivity index (χ0) is 12.1. The molecule has 2 nitrogen and oxygen atoms in total. The molecule has 0 aliphatic carbocycles. The number of hydrogen-bond donors (Lipinski definition) is 1. The fourth-order valence-electron chi connectivity index (χ4n) is 2.14. The van der Waals surface area contributed by atoms with Crippen LogP contribution in [0.25, 0.3) is 0 Å². The molecule has 3 heteroatoms. The topological polar surface area (TPSA) is 24.4 Å².